The zero-order chi connectivity index (χ0) is 26.8. The van der Waals surface area contributed by atoms with Crippen molar-refractivity contribution in [2.45, 2.75) is 32.7 Å². The first-order valence-electron chi connectivity index (χ1n) is 12.4. The molecule has 1 saturated heterocycles. The Morgan fingerprint density at radius 3 is 2.08 bits per heavy atom. The summed E-state index contributed by atoms with van der Waals surface area (Å²) in [5, 5.41) is 0.209. The summed E-state index contributed by atoms with van der Waals surface area (Å²) in [6, 6.07) is 14.7. The van der Waals surface area contributed by atoms with Gasteiger partial charge in [0.15, 0.2) is 41.1 Å². The molecular weight excluding hydrogens is 503 g/mol. The van der Waals surface area contributed by atoms with Crippen LogP contribution in [-0.2, 0) is 16.1 Å². The van der Waals surface area contributed by atoms with Crippen LogP contribution in [0.15, 0.2) is 60.7 Å². The molecule has 0 bridgehead atoms. The van der Waals surface area contributed by atoms with Gasteiger partial charge in [-0.05, 0) is 52.8 Å². The maximum Gasteiger partial charge on any atom is 0.195 e. The lowest BCUT2D eigenvalue weighted by molar-refractivity contribution is -0.206. The second-order valence-corrected chi connectivity index (χ2v) is 9.37. The highest BCUT2D eigenvalue weighted by molar-refractivity contribution is 5.88. The molecule has 198 valence electrons. The van der Waals surface area contributed by atoms with Gasteiger partial charge >= 0.3 is 0 Å². The van der Waals surface area contributed by atoms with Crippen LogP contribution in [0, 0.1) is 35.0 Å². The normalized spacial score (nSPS) is 17.6. The standard InChI is InChI=1S/C30H25F5O3/c1-2-3-18-15-37-30(38-16-18)22-12-25(32)29(26(33)13-22)36-14-17-4-6-19(7-5-17)20-8-9-23-21(10-20)11-24(31)28(35)27(23)34/h4-13,18,30H,2-3,14-16H2,1H3. The van der Waals surface area contributed by atoms with Crippen LogP contribution in [0.1, 0.15) is 37.2 Å². The molecule has 0 aromatic heterocycles. The van der Waals surface area contributed by atoms with Crippen molar-refractivity contribution in [3.05, 3.63) is 101 Å². The molecule has 0 saturated carbocycles. The first kappa shape index (κ1) is 26.1. The highest BCUT2D eigenvalue weighted by Crippen LogP contribution is 2.33. The highest BCUT2D eigenvalue weighted by atomic mass is 19.2. The lowest BCUT2D eigenvalue weighted by Gasteiger charge is -2.29. The molecule has 3 nitrogen and oxygen atoms in total. The fourth-order valence-electron chi connectivity index (χ4n) is 4.60. The van der Waals surface area contributed by atoms with Crippen LogP contribution >= 0.6 is 0 Å². The van der Waals surface area contributed by atoms with Crippen molar-refractivity contribution in [2.24, 2.45) is 5.92 Å². The van der Waals surface area contributed by atoms with E-state index in [2.05, 4.69) is 6.92 Å². The van der Waals surface area contributed by atoms with E-state index in [0.29, 0.717) is 24.3 Å². The SMILES string of the molecule is CCCC1COC(c2cc(F)c(OCc3ccc(-c4ccc5c(F)c(F)c(F)cc5c4)cc3)c(F)c2)OC1. The van der Waals surface area contributed by atoms with E-state index in [9.17, 15) is 22.0 Å². The highest BCUT2D eigenvalue weighted by Gasteiger charge is 2.25. The second-order valence-electron chi connectivity index (χ2n) is 9.37. The Balaban J connectivity index is 1.26. The van der Waals surface area contributed by atoms with Gasteiger partial charge in [-0.25, -0.2) is 22.0 Å². The number of fused-ring (bicyclic) bond motifs is 1. The van der Waals surface area contributed by atoms with Gasteiger partial charge in [-0.3, -0.25) is 0 Å². The lowest BCUT2D eigenvalue weighted by atomic mass is 10.00. The van der Waals surface area contributed by atoms with E-state index in [1.807, 2.05) is 0 Å². The van der Waals surface area contributed by atoms with Gasteiger partial charge in [0.1, 0.15) is 6.61 Å². The topological polar surface area (TPSA) is 27.7 Å². The van der Waals surface area contributed by atoms with Crippen molar-refractivity contribution >= 4 is 10.8 Å². The summed E-state index contributed by atoms with van der Waals surface area (Å²) in [6.45, 7) is 2.94. The summed E-state index contributed by atoms with van der Waals surface area (Å²) in [4.78, 5) is 0. The Morgan fingerprint density at radius 2 is 1.42 bits per heavy atom. The molecule has 0 N–H and O–H groups in total. The molecule has 4 aromatic carbocycles. The van der Waals surface area contributed by atoms with Gasteiger partial charge in [0.05, 0.1) is 13.2 Å². The third-order valence-corrected chi connectivity index (χ3v) is 6.60. The molecule has 0 unspecified atom stereocenters. The number of halogens is 5. The average Bonchev–Trinajstić information content (AvgIpc) is 2.92. The van der Waals surface area contributed by atoms with Crippen molar-refractivity contribution in [1.82, 2.24) is 0 Å². The van der Waals surface area contributed by atoms with Gasteiger partial charge in [0.2, 0.25) is 0 Å². The van der Waals surface area contributed by atoms with Crippen LogP contribution in [0.5, 0.6) is 5.75 Å². The fourth-order valence-corrected chi connectivity index (χ4v) is 4.60. The predicted molar refractivity (Wildman–Crippen MR) is 133 cm³/mol. The molecule has 1 heterocycles. The minimum atomic E-state index is -1.51. The molecular formula is C30H25F5O3. The van der Waals surface area contributed by atoms with Crippen LogP contribution in [0.4, 0.5) is 22.0 Å². The Bertz CT molecular complexity index is 1420. The van der Waals surface area contributed by atoms with E-state index in [1.54, 1.807) is 36.4 Å². The Morgan fingerprint density at radius 1 is 0.763 bits per heavy atom. The number of rotatable bonds is 7. The summed E-state index contributed by atoms with van der Waals surface area (Å²) >= 11 is 0. The third kappa shape index (κ3) is 5.37. The Labute approximate surface area is 216 Å². The monoisotopic (exact) mass is 528 g/mol. The van der Waals surface area contributed by atoms with Gasteiger partial charge in [-0.2, -0.15) is 0 Å². The quantitative estimate of drug-likeness (QED) is 0.179. The number of benzene rings is 4. The summed E-state index contributed by atoms with van der Waals surface area (Å²) < 4.78 is 87.3. The zero-order valence-corrected chi connectivity index (χ0v) is 20.6. The molecule has 38 heavy (non-hydrogen) atoms. The van der Waals surface area contributed by atoms with Crippen LogP contribution in [0.2, 0.25) is 0 Å². The van der Waals surface area contributed by atoms with Crippen molar-refractivity contribution in [2.75, 3.05) is 13.2 Å². The Hall–Kier alpha value is -3.49. The largest absolute Gasteiger partial charge is 0.483 e. The Kier molecular flexibility index (Phi) is 7.63. The first-order chi connectivity index (χ1) is 18.3. The molecule has 0 spiro atoms. The molecule has 1 fully saturated rings. The molecule has 4 aromatic rings. The summed E-state index contributed by atoms with van der Waals surface area (Å²) in [5.74, 6) is -5.93. The summed E-state index contributed by atoms with van der Waals surface area (Å²) in [6.07, 6.45) is 1.15. The van der Waals surface area contributed by atoms with E-state index in [4.69, 9.17) is 14.2 Å². The first-order valence-corrected chi connectivity index (χ1v) is 12.4. The van der Waals surface area contributed by atoms with Crippen molar-refractivity contribution in [3.8, 4) is 16.9 Å². The predicted octanol–water partition coefficient (Wildman–Crippen LogP) is 8.24. The summed E-state index contributed by atoms with van der Waals surface area (Å²) in [7, 11) is 0. The number of ether oxygens (including phenoxy) is 3. The van der Waals surface area contributed by atoms with Gasteiger partial charge < -0.3 is 14.2 Å². The minimum absolute atomic E-state index is 0.0185. The number of hydrogen-bond acceptors (Lipinski definition) is 3. The minimum Gasteiger partial charge on any atom is -0.483 e. The van der Waals surface area contributed by atoms with Crippen LogP contribution in [0.25, 0.3) is 21.9 Å². The average molecular weight is 529 g/mol. The molecule has 0 atom stereocenters. The van der Waals surface area contributed by atoms with Crippen LogP contribution in [0.3, 0.4) is 0 Å². The van der Waals surface area contributed by atoms with Gasteiger partial charge in [-0.1, -0.05) is 49.7 Å². The molecule has 0 radical (unpaired) electrons. The molecule has 0 aliphatic carbocycles. The van der Waals surface area contributed by atoms with Crippen molar-refractivity contribution in [1.29, 1.82) is 0 Å². The third-order valence-electron chi connectivity index (χ3n) is 6.60. The molecule has 1 aliphatic rings. The fraction of sp³-hybridized carbons (Fsp3) is 0.267. The lowest BCUT2D eigenvalue weighted by Crippen LogP contribution is -2.27. The van der Waals surface area contributed by atoms with Crippen LogP contribution in [-0.4, -0.2) is 13.2 Å². The number of hydrogen-bond donors (Lipinski definition) is 0. The van der Waals surface area contributed by atoms with Gasteiger partial charge in [0.25, 0.3) is 0 Å². The summed E-state index contributed by atoms with van der Waals surface area (Å²) in [5.41, 5.74) is 2.30. The second kappa shape index (κ2) is 11.1. The van der Waals surface area contributed by atoms with E-state index in [-0.39, 0.29) is 28.9 Å². The van der Waals surface area contributed by atoms with Gasteiger partial charge in [0, 0.05) is 16.9 Å². The van der Waals surface area contributed by atoms with Crippen LogP contribution < -0.4 is 4.74 Å². The molecule has 8 heteroatoms. The van der Waals surface area contributed by atoms with Crippen molar-refractivity contribution in [3.63, 3.8) is 0 Å². The molecule has 0 amide bonds. The smallest absolute Gasteiger partial charge is 0.195 e. The molecule has 5 rings (SSSR count). The maximum atomic E-state index is 14.7. The molecule has 1 aliphatic heterocycles. The van der Waals surface area contributed by atoms with E-state index in [1.165, 1.54) is 6.07 Å². The van der Waals surface area contributed by atoms with Crippen molar-refractivity contribution < 1.29 is 36.2 Å². The van der Waals surface area contributed by atoms with E-state index >= 15 is 0 Å². The van der Waals surface area contributed by atoms with E-state index in [0.717, 1.165) is 36.6 Å². The zero-order valence-electron chi connectivity index (χ0n) is 20.6. The maximum absolute atomic E-state index is 14.7. The van der Waals surface area contributed by atoms with Gasteiger partial charge in [-0.15, -0.1) is 0 Å². The van der Waals surface area contributed by atoms with E-state index < -0.39 is 41.1 Å².